The van der Waals surface area contributed by atoms with Crippen LogP contribution in [-0.2, 0) is 16.4 Å². The number of benzene rings is 2. The highest BCUT2D eigenvalue weighted by molar-refractivity contribution is 5.98. The fourth-order valence-electron chi connectivity index (χ4n) is 4.66. The maximum Gasteiger partial charge on any atom is 0.433 e. The predicted molar refractivity (Wildman–Crippen MR) is 123 cm³/mol. The third kappa shape index (κ3) is 4.80. The van der Waals surface area contributed by atoms with Crippen molar-refractivity contribution >= 4 is 11.6 Å². The number of rotatable bonds is 5. The fraction of sp³-hybridized carbons (Fsp3) is 0.333. The largest absolute Gasteiger partial charge is 0.433 e. The monoisotopic (exact) mass is 452 g/mol. The summed E-state index contributed by atoms with van der Waals surface area (Å²) in [6, 6.07) is 21.6. The van der Waals surface area contributed by atoms with Gasteiger partial charge in [-0.1, -0.05) is 67.9 Å². The minimum Gasteiger partial charge on any atom is -0.305 e. The summed E-state index contributed by atoms with van der Waals surface area (Å²) in [4.78, 5) is 19.4. The number of hydrogen-bond acceptors (Lipinski definition) is 2. The number of carbonyl (C=O) groups excluding carboxylic acids is 1. The summed E-state index contributed by atoms with van der Waals surface area (Å²) in [6.07, 6.45) is -3.50. The second kappa shape index (κ2) is 8.65. The molecule has 2 aromatic carbocycles. The lowest BCUT2D eigenvalue weighted by Gasteiger charge is -2.27. The zero-order valence-corrected chi connectivity index (χ0v) is 18.9. The van der Waals surface area contributed by atoms with Crippen LogP contribution in [0, 0.1) is 12.8 Å². The molecule has 0 saturated carbocycles. The number of alkyl halides is 3. The second-order valence-electron chi connectivity index (χ2n) is 9.40. The summed E-state index contributed by atoms with van der Waals surface area (Å²) in [5.74, 6) is -0.337. The van der Waals surface area contributed by atoms with Crippen LogP contribution in [0.1, 0.15) is 55.2 Å². The Morgan fingerprint density at radius 2 is 1.55 bits per heavy atom. The van der Waals surface area contributed by atoms with Crippen molar-refractivity contribution in [3.63, 3.8) is 0 Å². The summed E-state index contributed by atoms with van der Waals surface area (Å²) in [6.45, 7) is 5.71. The zero-order chi connectivity index (χ0) is 23.8. The van der Waals surface area contributed by atoms with Crippen LogP contribution in [-0.4, -0.2) is 10.9 Å². The van der Waals surface area contributed by atoms with E-state index in [0.717, 1.165) is 22.9 Å². The number of aryl methyl sites for hydroxylation is 1. The van der Waals surface area contributed by atoms with E-state index >= 15 is 0 Å². The molecule has 0 unspecified atom stereocenters. The van der Waals surface area contributed by atoms with Gasteiger partial charge in [-0.05, 0) is 49.6 Å². The SMILES string of the molecule is Cc1ccc(N2C(=O)[C@H](CC(C)(C)c3cccc(C(F)(F)F)n3)C[C@@H]2c2ccccc2)cc1. The molecule has 0 radical (unpaired) electrons. The van der Waals surface area contributed by atoms with Gasteiger partial charge < -0.3 is 4.90 Å². The van der Waals surface area contributed by atoms with Gasteiger partial charge in [0.05, 0.1) is 6.04 Å². The van der Waals surface area contributed by atoms with E-state index in [0.29, 0.717) is 18.5 Å². The third-order valence-electron chi connectivity index (χ3n) is 6.39. The normalized spacial score (nSPS) is 19.2. The van der Waals surface area contributed by atoms with Gasteiger partial charge in [0.1, 0.15) is 5.69 Å². The first-order chi connectivity index (χ1) is 15.6. The third-order valence-corrected chi connectivity index (χ3v) is 6.39. The number of aromatic nitrogens is 1. The Morgan fingerprint density at radius 3 is 2.18 bits per heavy atom. The minimum absolute atomic E-state index is 0.00671. The first-order valence-electron chi connectivity index (χ1n) is 11.1. The molecule has 0 aliphatic carbocycles. The highest BCUT2D eigenvalue weighted by Gasteiger charge is 2.44. The minimum atomic E-state index is -4.50. The standard InChI is InChI=1S/C27H27F3N2O/c1-18-12-14-21(15-13-18)32-22(19-8-5-4-6-9-19)16-20(25(32)33)17-26(2,3)23-10-7-11-24(31-23)27(28,29)30/h4-15,20,22H,16-17H2,1-3H3/t20-,22+/m0/s1. The molecule has 2 atom stereocenters. The number of amides is 1. The summed E-state index contributed by atoms with van der Waals surface area (Å²) in [5, 5.41) is 0. The molecule has 4 rings (SSSR count). The average molecular weight is 453 g/mol. The lowest BCUT2D eigenvalue weighted by molar-refractivity contribution is -0.141. The van der Waals surface area contributed by atoms with Gasteiger partial charge in [-0.3, -0.25) is 4.79 Å². The first-order valence-corrected chi connectivity index (χ1v) is 11.1. The smallest absolute Gasteiger partial charge is 0.305 e. The Hall–Kier alpha value is -3.15. The highest BCUT2D eigenvalue weighted by atomic mass is 19.4. The van der Waals surface area contributed by atoms with Gasteiger partial charge in [0.25, 0.3) is 0 Å². The molecule has 0 spiro atoms. The van der Waals surface area contributed by atoms with Crippen LogP contribution in [0.2, 0.25) is 0 Å². The van der Waals surface area contributed by atoms with Crippen molar-refractivity contribution < 1.29 is 18.0 Å². The predicted octanol–water partition coefficient (Wildman–Crippen LogP) is 6.87. The van der Waals surface area contributed by atoms with Gasteiger partial charge >= 0.3 is 6.18 Å². The van der Waals surface area contributed by atoms with E-state index < -0.39 is 17.3 Å². The Bertz CT molecular complexity index is 1120. The molecule has 33 heavy (non-hydrogen) atoms. The van der Waals surface area contributed by atoms with Crippen molar-refractivity contribution in [2.24, 2.45) is 5.92 Å². The van der Waals surface area contributed by atoms with Crippen LogP contribution >= 0.6 is 0 Å². The maximum absolute atomic E-state index is 13.6. The van der Waals surface area contributed by atoms with E-state index in [1.165, 1.54) is 6.07 Å². The molecule has 1 aliphatic rings. The topological polar surface area (TPSA) is 33.2 Å². The van der Waals surface area contributed by atoms with Crippen molar-refractivity contribution in [3.8, 4) is 0 Å². The highest BCUT2D eigenvalue weighted by Crippen LogP contribution is 2.44. The van der Waals surface area contributed by atoms with Gasteiger partial charge in [-0.15, -0.1) is 0 Å². The number of hydrogen-bond donors (Lipinski definition) is 0. The fourth-order valence-corrected chi connectivity index (χ4v) is 4.66. The Kier molecular flexibility index (Phi) is 6.04. The van der Waals surface area contributed by atoms with Gasteiger partial charge in [0.15, 0.2) is 0 Å². The Balaban J connectivity index is 1.65. The molecule has 1 amide bonds. The average Bonchev–Trinajstić information content (AvgIpc) is 3.10. The summed E-state index contributed by atoms with van der Waals surface area (Å²) < 4.78 is 39.6. The van der Waals surface area contributed by atoms with Crippen LogP contribution in [0.3, 0.4) is 0 Å². The maximum atomic E-state index is 13.6. The molecule has 1 aliphatic heterocycles. The van der Waals surface area contributed by atoms with E-state index in [9.17, 15) is 18.0 Å². The Morgan fingerprint density at radius 1 is 0.909 bits per heavy atom. The van der Waals surface area contributed by atoms with Gasteiger partial charge in [-0.2, -0.15) is 13.2 Å². The van der Waals surface area contributed by atoms with E-state index in [4.69, 9.17) is 0 Å². The molecule has 0 N–H and O–H groups in total. The van der Waals surface area contributed by atoms with Crippen molar-refractivity contribution in [2.45, 2.75) is 51.2 Å². The number of halogens is 3. The van der Waals surface area contributed by atoms with E-state index in [2.05, 4.69) is 4.98 Å². The molecule has 172 valence electrons. The molecule has 1 aromatic heterocycles. The molecule has 0 bridgehead atoms. The van der Waals surface area contributed by atoms with Crippen molar-refractivity contribution in [2.75, 3.05) is 4.90 Å². The van der Waals surface area contributed by atoms with Crippen LogP contribution in [0.5, 0.6) is 0 Å². The van der Waals surface area contributed by atoms with E-state index in [1.54, 1.807) is 6.07 Å². The summed E-state index contributed by atoms with van der Waals surface area (Å²) in [5.41, 5.74) is 1.71. The Labute approximate surface area is 192 Å². The number of nitrogens with zero attached hydrogens (tertiary/aromatic N) is 2. The van der Waals surface area contributed by atoms with Crippen LogP contribution in [0.4, 0.5) is 18.9 Å². The van der Waals surface area contributed by atoms with Crippen molar-refractivity contribution in [3.05, 3.63) is 95.3 Å². The van der Waals surface area contributed by atoms with Gasteiger partial charge in [0, 0.05) is 22.7 Å². The number of carbonyl (C=O) groups is 1. The molecular formula is C27H27F3N2O. The molecular weight excluding hydrogens is 425 g/mol. The summed E-state index contributed by atoms with van der Waals surface area (Å²) in [7, 11) is 0. The second-order valence-corrected chi connectivity index (χ2v) is 9.40. The number of anilines is 1. The lowest BCUT2D eigenvalue weighted by atomic mass is 9.78. The molecule has 2 heterocycles. The molecule has 3 aromatic rings. The van der Waals surface area contributed by atoms with Crippen LogP contribution < -0.4 is 4.90 Å². The number of pyridine rings is 1. The quantitative estimate of drug-likeness (QED) is 0.423. The van der Waals surface area contributed by atoms with Gasteiger partial charge in [-0.25, -0.2) is 4.98 Å². The van der Waals surface area contributed by atoms with Crippen molar-refractivity contribution in [1.82, 2.24) is 4.98 Å². The van der Waals surface area contributed by atoms with Crippen LogP contribution in [0.25, 0.3) is 0 Å². The molecule has 1 saturated heterocycles. The first kappa shape index (κ1) is 23.0. The van der Waals surface area contributed by atoms with Gasteiger partial charge in [0.2, 0.25) is 5.91 Å². The molecule has 6 heteroatoms. The van der Waals surface area contributed by atoms with Crippen LogP contribution in [0.15, 0.2) is 72.8 Å². The van der Waals surface area contributed by atoms with E-state index in [1.807, 2.05) is 80.3 Å². The van der Waals surface area contributed by atoms with Crippen molar-refractivity contribution in [1.29, 1.82) is 0 Å². The summed E-state index contributed by atoms with van der Waals surface area (Å²) >= 11 is 0. The van der Waals surface area contributed by atoms with E-state index in [-0.39, 0.29) is 17.9 Å². The lowest BCUT2D eigenvalue weighted by Crippen LogP contribution is -2.32. The molecule has 1 fully saturated rings. The molecule has 3 nitrogen and oxygen atoms in total. The zero-order valence-electron chi connectivity index (χ0n) is 18.9.